The largest absolute Gasteiger partial charge is 0.464 e. The predicted octanol–water partition coefficient (Wildman–Crippen LogP) is -0.202. The molecular formula is C22H25N5O5. The van der Waals surface area contributed by atoms with Gasteiger partial charge in [0.15, 0.2) is 0 Å². The fourth-order valence-corrected chi connectivity index (χ4v) is 4.41. The number of likely N-dealkylation sites (tertiary alicyclic amines) is 1. The minimum absolute atomic E-state index is 0.112. The first kappa shape index (κ1) is 21.5. The van der Waals surface area contributed by atoms with E-state index in [0.29, 0.717) is 30.6 Å². The van der Waals surface area contributed by atoms with Crippen LogP contribution in [-0.4, -0.2) is 63.8 Å². The number of amides is 3. The van der Waals surface area contributed by atoms with Crippen molar-refractivity contribution in [2.24, 2.45) is 5.73 Å². The van der Waals surface area contributed by atoms with Gasteiger partial charge < -0.3 is 25.7 Å². The smallest absolute Gasteiger partial charge is 0.307 e. The number of H-pyrrole nitrogens is 1. The van der Waals surface area contributed by atoms with Gasteiger partial charge in [-0.05, 0) is 18.4 Å². The molecular weight excluding hydrogens is 414 g/mol. The van der Waals surface area contributed by atoms with Gasteiger partial charge in [-0.2, -0.15) is 0 Å². The summed E-state index contributed by atoms with van der Waals surface area (Å²) in [6.45, 7) is 0.267. The Labute approximate surface area is 184 Å². The number of nitrogens with zero attached hydrogens (tertiary/aromatic N) is 2. The molecule has 2 aromatic rings. The second-order valence-electron chi connectivity index (χ2n) is 8.17. The van der Waals surface area contributed by atoms with Gasteiger partial charge in [0.05, 0.1) is 18.4 Å². The number of benzene rings is 1. The number of ether oxygens (including phenoxy) is 1. The lowest BCUT2D eigenvalue weighted by Crippen LogP contribution is -2.57. The first-order valence-electron chi connectivity index (χ1n) is 10.5. The van der Waals surface area contributed by atoms with E-state index >= 15 is 0 Å². The zero-order valence-corrected chi connectivity index (χ0v) is 17.5. The van der Waals surface area contributed by atoms with Gasteiger partial charge in [0, 0.05) is 19.2 Å². The number of hydrogen-bond donors (Lipinski definition) is 3. The average molecular weight is 439 g/mol. The quantitative estimate of drug-likeness (QED) is 0.509. The lowest BCUT2D eigenvalue weighted by molar-refractivity contribution is -0.141. The molecule has 2 aliphatic rings. The van der Waals surface area contributed by atoms with E-state index in [-0.39, 0.29) is 19.4 Å². The molecule has 1 aromatic heterocycles. The van der Waals surface area contributed by atoms with Gasteiger partial charge >= 0.3 is 5.97 Å². The fourth-order valence-electron chi connectivity index (χ4n) is 4.41. The van der Waals surface area contributed by atoms with Crippen LogP contribution in [0.3, 0.4) is 0 Å². The highest BCUT2D eigenvalue weighted by Crippen LogP contribution is 2.34. The monoisotopic (exact) mass is 439 g/mol. The highest BCUT2D eigenvalue weighted by atomic mass is 16.5. The third kappa shape index (κ3) is 4.08. The summed E-state index contributed by atoms with van der Waals surface area (Å²) in [5, 5.41) is 2.82. The summed E-state index contributed by atoms with van der Waals surface area (Å²) in [6.07, 6.45) is 4.25. The normalized spacial score (nSPS) is 23.6. The van der Waals surface area contributed by atoms with Gasteiger partial charge in [-0.3, -0.25) is 19.2 Å². The van der Waals surface area contributed by atoms with Gasteiger partial charge in [-0.1, -0.05) is 30.3 Å². The molecule has 4 rings (SSSR count). The van der Waals surface area contributed by atoms with E-state index in [4.69, 9.17) is 10.5 Å². The molecule has 2 saturated heterocycles. The zero-order valence-electron chi connectivity index (χ0n) is 17.5. The topological polar surface area (TPSA) is 147 Å². The lowest BCUT2D eigenvalue weighted by atomic mass is 9.78. The maximum absolute atomic E-state index is 13.6. The zero-order chi connectivity index (χ0) is 22.7. The minimum Gasteiger partial charge on any atom is -0.464 e. The van der Waals surface area contributed by atoms with Crippen molar-refractivity contribution in [2.45, 2.75) is 43.2 Å². The molecule has 32 heavy (non-hydrogen) atoms. The van der Waals surface area contributed by atoms with Crippen molar-refractivity contribution in [3.63, 3.8) is 0 Å². The first-order valence-corrected chi connectivity index (χ1v) is 10.5. The van der Waals surface area contributed by atoms with Crippen molar-refractivity contribution < 1.29 is 23.9 Å². The van der Waals surface area contributed by atoms with Crippen molar-refractivity contribution in [1.29, 1.82) is 0 Å². The Morgan fingerprint density at radius 2 is 2.09 bits per heavy atom. The third-order valence-electron chi connectivity index (χ3n) is 6.12. The van der Waals surface area contributed by atoms with Crippen LogP contribution in [-0.2, 0) is 35.8 Å². The molecule has 1 aromatic carbocycles. The number of cyclic esters (lactones) is 1. The average Bonchev–Trinajstić information content (AvgIpc) is 3.54. The van der Waals surface area contributed by atoms with Gasteiger partial charge in [-0.25, -0.2) is 4.98 Å². The molecule has 0 spiro atoms. The van der Waals surface area contributed by atoms with Crippen molar-refractivity contribution >= 4 is 23.7 Å². The molecule has 4 N–H and O–H groups in total. The van der Waals surface area contributed by atoms with Gasteiger partial charge in [0.1, 0.15) is 24.1 Å². The maximum Gasteiger partial charge on any atom is 0.307 e. The number of carbonyl (C=O) groups excluding carboxylic acids is 4. The SMILES string of the molecule is NC(=O)[C@@H]1CCCN1C(=O)[C@H](Cc1c[nH]cn1)NC(=O)C1(c2ccccc2)COC(=O)C1. The van der Waals surface area contributed by atoms with E-state index in [9.17, 15) is 19.2 Å². The summed E-state index contributed by atoms with van der Waals surface area (Å²) >= 11 is 0. The predicted molar refractivity (Wildman–Crippen MR) is 112 cm³/mol. The van der Waals surface area contributed by atoms with Gasteiger partial charge in [0.25, 0.3) is 0 Å². The molecule has 1 unspecified atom stereocenters. The Morgan fingerprint density at radius 1 is 1.31 bits per heavy atom. The van der Waals surface area contributed by atoms with Crippen LogP contribution >= 0.6 is 0 Å². The number of aromatic nitrogens is 2. The highest BCUT2D eigenvalue weighted by molar-refractivity contribution is 5.98. The Morgan fingerprint density at radius 3 is 2.72 bits per heavy atom. The summed E-state index contributed by atoms with van der Waals surface area (Å²) in [6, 6.07) is 7.20. The van der Waals surface area contributed by atoms with E-state index in [1.807, 2.05) is 6.07 Å². The Hall–Kier alpha value is -3.69. The van der Waals surface area contributed by atoms with E-state index in [1.165, 1.54) is 11.2 Å². The lowest BCUT2D eigenvalue weighted by Gasteiger charge is -2.31. The Kier molecular flexibility index (Phi) is 5.93. The van der Waals surface area contributed by atoms with E-state index < -0.39 is 41.2 Å². The molecule has 3 amide bonds. The Bertz CT molecular complexity index is 1010. The Balaban J connectivity index is 1.62. The van der Waals surface area contributed by atoms with Crippen molar-refractivity contribution in [3.8, 4) is 0 Å². The molecule has 2 aliphatic heterocycles. The first-order chi connectivity index (χ1) is 15.4. The fraction of sp³-hybridized carbons (Fsp3) is 0.409. The molecule has 0 radical (unpaired) electrons. The number of carbonyl (C=O) groups is 4. The molecule has 3 atom stereocenters. The van der Waals surface area contributed by atoms with Crippen molar-refractivity contribution in [2.75, 3.05) is 13.2 Å². The molecule has 10 heteroatoms. The number of nitrogens with two attached hydrogens (primary N) is 1. The molecule has 3 heterocycles. The van der Waals surface area contributed by atoms with Crippen LogP contribution in [0.25, 0.3) is 0 Å². The van der Waals surface area contributed by atoms with Crippen LogP contribution in [0.5, 0.6) is 0 Å². The number of rotatable bonds is 7. The second-order valence-corrected chi connectivity index (χ2v) is 8.17. The molecule has 0 aliphatic carbocycles. The summed E-state index contributed by atoms with van der Waals surface area (Å²) < 4.78 is 5.17. The van der Waals surface area contributed by atoms with E-state index in [2.05, 4.69) is 15.3 Å². The number of aromatic amines is 1. The summed E-state index contributed by atoms with van der Waals surface area (Å²) in [4.78, 5) is 59.2. The molecule has 0 bridgehead atoms. The van der Waals surface area contributed by atoms with Crippen LogP contribution in [0.4, 0.5) is 0 Å². The van der Waals surface area contributed by atoms with E-state index in [0.717, 1.165) is 0 Å². The standard InChI is InChI=1S/C22H25N5O5/c23-19(29)17-7-4-8-27(17)20(30)16(9-15-11-24-13-25-15)26-21(31)22(10-18(28)32-12-22)14-5-2-1-3-6-14/h1-3,5-6,11,13,16-17H,4,7-10,12H2,(H2,23,29)(H,24,25)(H,26,31)/t16-,17-,22?/m0/s1. The maximum atomic E-state index is 13.6. The number of esters is 1. The van der Waals surface area contributed by atoms with Gasteiger partial charge in [-0.15, -0.1) is 0 Å². The summed E-state index contributed by atoms with van der Waals surface area (Å²) in [5.41, 5.74) is 5.45. The molecule has 0 saturated carbocycles. The molecule has 2 fully saturated rings. The summed E-state index contributed by atoms with van der Waals surface area (Å²) in [5.74, 6) is -1.95. The molecule has 168 valence electrons. The van der Waals surface area contributed by atoms with Crippen LogP contribution in [0.1, 0.15) is 30.5 Å². The number of primary amides is 1. The third-order valence-corrected chi connectivity index (χ3v) is 6.12. The van der Waals surface area contributed by atoms with Crippen LogP contribution in [0.15, 0.2) is 42.9 Å². The minimum atomic E-state index is -1.24. The van der Waals surface area contributed by atoms with Crippen LogP contribution < -0.4 is 11.1 Å². The highest BCUT2D eigenvalue weighted by Gasteiger charge is 2.49. The van der Waals surface area contributed by atoms with Crippen molar-refractivity contribution in [3.05, 3.63) is 54.1 Å². The van der Waals surface area contributed by atoms with Crippen molar-refractivity contribution in [1.82, 2.24) is 20.2 Å². The second kappa shape index (κ2) is 8.81. The number of hydrogen-bond acceptors (Lipinski definition) is 6. The van der Waals surface area contributed by atoms with E-state index in [1.54, 1.807) is 30.5 Å². The van der Waals surface area contributed by atoms with Crippen LogP contribution in [0, 0.1) is 0 Å². The number of nitrogens with one attached hydrogen (secondary N) is 2. The number of imidazole rings is 1. The molecule has 10 nitrogen and oxygen atoms in total. The van der Waals surface area contributed by atoms with Gasteiger partial charge in [0.2, 0.25) is 17.7 Å². The summed E-state index contributed by atoms with van der Waals surface area (Å²) in [7, 11) is 0. The van der Waals surface area contributed by atoms with Crippen LogP contribution in [0.2, 0.25) is 0 Å².